The van der Waals surface area contributed by atoms with E-state index in [0.717, 1.165) is 0 Å². The van der Waals surface area contributed by atoms with Gasteiger partial charge in [-0.05, 0) is 49.3 Å². The highest BCUT2D eigenvalue weighted by molar-refractivity contribution is 9.10. The summed E-state index contributed by atoms with van der Waals surface area (Å²) < 4.78 is 20.1. The van der Waals surface area contributed by atoms with Crippen molar-refractivity contribution >= 4 is 27.5 Å². The Balaban J connectivity index is 3.07. The number of hydrogen-bond donors (Lipinski definition) is 1. The van der Waals surface area contributed by atoms with Crippen molar-refractivity contribution in [3.63, 3.8) is 0 Å². The molecule has 2 nitrogen and oxygen atoms in total. The van der Waals surface area contributed by atoms with Gasteiger partial charge in [-0.2, -0.15) is 0 Å². The van der Waals surface area contributed by atoms with Gasteiger partial charge < -0.3 is 10.1 Å². The Morgan fingerprint density at radius 1 is 1.50 bits per heavy atom. The number of halogens is 3. The summed E-state index contributed by atoms with van der Waals surface area (Å²) in [4.78, 5) is 0. The summed E-state index contributed by atoms with van der Waals surface area (Å²) in [5, 5.41) is 3.22. The van der Waals surface area contributed by atoms with Gasteiger partial charge in [0.25, 0.3) is 0 Å². The average molecular weight is 339 g/mol. The first-order valence-corrected chi connectivity index (χ1v) is 6.85. The van der Waals surface area contributed by atoms with Crippen LogP contribution in [0, 0.1) is 5.82 Å². The van der Waals surface area contributed by atoms with Crippen molar-refractivity contribution in [2.45, 2.75) is 31.9 Å². The zero-order chi connectivity index (χ0) is 13.9. The largest absolute Gasteiger partial charge is 0.379 e. The van der Waals surface area contributed by atoms with E-state index in [2.05, 4.69) is 21.2 Å². The molecule has 0 aliphatic carbocycles. The Labute approximate surface area is 121 Å². The summed E-state index contributed by atoms with van der Waals surface area (Å²) in [6.45, 7) is 3.94. The number of rotatable bonds is 5. The van der Waals surface area contributed by atoms with Crippen LogP contribution in [0.5, 0.6) is 0 Å². The molecule has 0 saturated carbocycles. The summed E-state index contributed by atoms with van der Waals surface area (Å²) in [5.74, 6) is -0.391. The van der Waals surface area contributed by atoms with E-state index < -0.39 is 5.82 Å². The second-order valence-electron chi connectivity index (χ2n) is 4.77. The quantitative estimate of drug-likeness (QED) is 0.807. The zero-order valence-corrected chi connectivity index (χ0v) is 13.3. The summed E-state index contributed by atoms with van der Waals surface area (Å²) in [6, 6.07) is 3.34. The summed E-state index contributed by atoms with van der Waals surface area (Å²) in [7, 11) is 3.45. The average Bonchev–Trinajstić information content (AvgIpc) is 2.34. The predicted octanol–water partition coefficient (Wildman–Crippen LogP) is 4.32. The molecular formula is C13H18BrClFNO. The Hall–Kier alpha value is -0.160. The van der Waals surface area contributed by atoms with E-state index in [9.17, 15) is 4.39 Å². The first-order valence-electron chi connectivity index (χ1n) is 5.68. The Morgan fingerprint density at radius 3 is 2.61 bits per heavy atom. The van der Waals surface area contributed by atoms with E-state index in [1.165, 1.54) is 0 Å². The van der Waals surface area contributed by atoms with E-state index in [1.54, 1.807) is 26.3 Å². The number of ether oxygens (including phenoxy) is 1. The molecule has 5 heteroatoms. The van der Waals surface area contributed by atoms with Gasteiger partial charge in [0.2, 0.25) is 0 Å². The minimum atomic E-state index is -0.391. The van der Waals surface area contributed by atoms with E-state index >= 15 is 0 Å². The molecule has 0 radical (unpaired) electrons. The smallest absolute Gasteiger partial charge is 0.147 e. The van der Waals surface area contributed by atoms with Crippen molar-refractivity contribution in [2.24, 2.45) is 0 Å². The van der Waals surface area contributed by atoms with Crippen LogP contribution in [0.4, 0.5) is 4.39 Å². The van der Waals surface area contributed by atoms with Gasteiger partial charge in [-0.3, -0.25) is 0 Å². The zero-order valence-electron chi connectivity index (χ0n) is 11.0. The Bertz CT molecular complexity index is 426. The number of methoxy groups -OCH3 is 1. The van der Waals surface area contributed by atoms with Gasteiger partial charge in [0.05, 0.1) is 10.6 Å². The van der Waals surface area contributed by atoms with Crippen LogP contribution in [0.25, 0.3) is 0 Å². The van der Waals surface area contributed by atoms with Crippen molar-refractivity contribution < 1.29 is 9.13 Å². The molecule has 0 aliphatic rings. The molecule has 1 rings (SSSR count). The molecule has 0 heterocycles. The second-order valence-corrected chi connectivity index (χ2v) is 6.01. The van der Waals surface area contributed by atoms with Crippen molar-refractivity contribution in [2.75, 3.05) is 14.2 Å². The monoisotopic (exact) mass is 337 g/mol. The van der Waals surface area contributed by atoms with Gasteiger partial charge in [0.15, 0.2) is 0 Å². The second kappa shape index (κ2) is 6.33. The standard InChI is InChI=1S/C13H18BrClFNO/c1-13(2,18-4)7-10(17-3)8-5-6-9(14)11(15)12(8)16/h5-6,10,17H,7H2,1-4H3. The molecule has 0 bridgehead atoms. The molecule has 0 amide bonds. The lowest BCUT2D eigenvalue weighted by atomic mass is 9.93. The molecule has 0 spiro atoms. The van der Waals surface area contributed by atoms with Crippen LogP contribution >= 0.6 is 27.5 Å². The van der Waals surface area contributed by atoms with E-state index in [0.29, 0.717) is 16.5 Å². The van der Waals surface area contributed by atoms with Crippen LogP contribution in [0.2, 0.25) is 5.02 Å². The topological polar surface area (TPSA) is 21.3 Å². The highest BCUT2D eigenvalue weighted by Crippen LogP contribution is 2.33. The molecule has 1 aromatic rings. The molecule has 18 heavy (non-hydrogen) atoms. The number of hydrogen-bond acceptors (Lipinski definition) is 2. The third-order valence-corrected chi connectivity index (χ3v) is 4.30. The Kier molecular flexibility index (Phi) is 5.59. The maximum absolute atomic E-state index is 14.1. The minimum absolute atomic E-state index is 0.114. The molecule has 0 fully saturated rings. The van der Waals surface area contributed by atoms with Crippen molar-refractivity contribution in [1.82, 2.24) is 5.32 Å². The first kappa shape index (κ1) is 15.9. The normalized spacial score (nSPS) is 13.7. The molecule has 102 valence electrons. The van der Waals surface area contributed by atoms with Crippen LogP contribution < -0.4 is 5.32 Å². The van der Waals surface area contributed by atoms with Crippen molar-refractivity contribution in [1.29, 1.82) is 0 Å². The van der Waals surface area contributed by atoms with Crippen molar-refractivity contribution in [3.8, 4) is 0 Å². The fourth-order valence-corrected chi connectivity index (χ4v) is 2.23. The SMILES string of the molecule is CNC(CC(C)(C)OC)c1ccc(Br)c(Cl)c1F. The third-order valence-electron chi connectivity index (χ3n) is 3.04. The van der Waals surface area contributed by atoms with Gasteiger partial charge in [0, 0.05) is 23.2 Å². The third kappa shape index (κ3) is 3.67. The van der Waals surface area contributed by atoms with E-state index in [1.807, 2.05) is 13.8 Å². The van der Waals surface area contributed by atoms with Gasteiger partial charge in [-0.15, -0.1) is 0 Å². The van der Waals surface area contributed by atoms with Gasteiger partial charge in [-0.1, -0.05) is 17.7 Å². The minimum Gasteiger partial charge on any atom is -0.379 e. The molecule has 1 atom stereocenters. The Morgan fingerprint density at radius 2 is 2.11 bits per heavy atom. The van der Waals surface area contributed by atoms with Crippen LogP contribution in [-0.2, 0) is 4.74 Å². The van der Waals surface area contributed by atoms with Crippen LogP contribution in [0.3, 0.4) is 0 Å². The summed E-state index contributed by atoms with van der Waals surface area (Å²) in [5.41, 5.74) is 0.218. The van der Waals surface area contributed by atoms with Crippen LogP contribution in [0.1, 0.15) is 31.9 Å². The molecule has 0 saturated heterocycles. The van der Waals surface area contributed by atoms with Gasteiger partial charge >= 0.3 is 0 Å². The van der Waals surface area contributed by atoms with E-state index in [-0.39, 0.29) is 16.7 Å². The highest BCUT2D eigenvalue weighted by Gasteiger charge is 2.26. The van der Waals surface area contributed by atoms with E-state index in [4.69, 9.17) is 16.3 Å². The molecule has 1 N–H and O–H groups in total. The maximum atomic E-state index is 14.1. The number of benzene rings is 1. The molecule has 1 unspecified atom stereocenters. The summed E-state index contributed by atoms with van der Waals surface area (Å²) in [6.07, 6.45) is 0.648. The first-order chi connectivity index (χ1) is 8.32. The molecule has 0 aromatic heterocycles. The lowest BCUT2D eigenvalue weighted by Gasteiger charge is -2.29. The predicted molar refractivity (Wildman–Crippen MR) is 76.6 cm³/mol. The fraction of sp³-hybridized carbons (Fsp3) is 0.538. The van der Waals surface area contributed by atoms with Crippen LogP contribution in [-0.4, -0.2) is 19.8 Å². The molecule has 1 aromatic carbocycles. The lowest BCUT2D eigenvalue weighted by Crippen LogP contribution is -2.31. The molecule has 0 aliphatic heterocycles. The highest BCUT2D eigenvalue weighted by atomic mass is 79.9. The summed E-state index contributed by atoms with van der Waals surface area (Å²) >= 11 is 9.12. The van der Waals surface area contributed by atoms with Crippen molar-refractivity contribution in [3.05, 3.63) is 33.0 Å². The van der Waals surface area contributed by atoms with Gasteiger partial charge in [-0.25, -0.2) is 4.39 Å². The van der Waals surface area contributed by atoms with Gasteiger partial charge in [0.1, 0.15) is 5.82 Å². The maximum Gasteiger partial charge on any atom is 0.147 e. The lowest BCUT2D eigenvalue weighted by molar-refractivity contribution is 0.00719. The molecular weight excluding hydrogens is 321 g/mol. The van der Waals surface area contributed by atoms with Crippen LogP contribution in [0.15, 0.2) is 16.6 Å². The number of nitrogens with one attached hydrogen (secondary N) is 1. The fourth-order valence-electron chi connectivity index (χ4n) is 1.75.